The number of rotatable bonds is 8. The third-order valence-corrected chi connectivity index (χ3v) is 6.80. The number of pyridine rings is 1. The summed E-state index contributed by atoms with van der Waals surface area (Å²) in [4.78, 5) is 12.5. The van der Waals surface area contributed by atoms with Gasteiger partial charge < -0.3 is 15.4 Å². The van der Waals surface area contributed by atoms with Crippen molar-refractivity contribution in [2.45, 2.75) is 18.6 Å². The molecule has 10 nitrogen and oxygen atoms in total. The van der Waals surface area contributed by atoms with Crippen LogP contribution in [0.1, 0.15) is 6.42 Å². The number of benzene rings is 1. The molecule has 1 aliphatic rings. The van der Waals surface area contributed by atoms with Gasteiger partial charge in [0.05, 0.1) is 11.3 Å². The highest BCUT2D eigenvalue weighted by Gasteiger charge is 2.26. The zero-order valence-electron chi connectivity index (χ0n) is 19.7. The average Bonchev–Trinajstić information content (AvgIpc) is 2.85. The predicted molar refractivity (Wildman–Crippen MR) is 128 cm³/mol. The summed E-state index contributed by atoms with van der Waals surface area (Å²) in [6.45, 7) is 0.794. The number of hydrogen-bond donors (Lipinski definition) is 3. The van der Waals surface area contributed by atoms with E-state index in [9.17, 15) is 26.0 Å². The third-order valence-electron chi connectivity index (χ3n) is 5.38. The Morgan fingerprint density at radius 2 is 1.89 bits per heavy atom. The molecule has 1 aromatic carbocycles. The van der Waals surface area contributed by atoms with Crippen molar-refractivity contribution < 1.29 is 30.7 Å². The number of alkyl halides is 1. The lowest BCUT2D eigenvalue weighted by atomic mass is 10.1. The van der Waals surface area contributed by atoms with Crippen molar-refractivity contribution >= 4 is 21.8 Å². The molecule has 0 amide bonds. The predicted octanol–water partition coefficient (Wildman–Crippen LogP) is 3.08. The fourth-order valence-electron chi connectivity index (χ4n) is 3.49. The van der Waals surface area contributed by atoms with Gasteiger partial charge in [0, 0.05) is 58.1 Å². The van der Waals surface area contributed by atoms with E-state index in [-0.39, 0.29) is 42.1 Å². The van der Waals surface area contributed by atoms with Crippen LogP contribution < -0.4 is 20.1 Å². The summed E-state index contributed by atoms with van der Waals surface area (Å²) < 4.78 is 89.3. The van der Waals surface area contributed by atoms with Crippen molar-refractivity contribution in [2.75, 3.05) is 37.2 Å². The Labute approximate surface area is 210 Å². The van der Waals surface area contributed by atoms with Crippen molar-refractivity contribution in [3.63, 3.8) is 0 Å². The molecule has 0 radical (unpaired) electrons. The molecule has 37 heavy (non-hydrogen) atoms. The smallest absolute Gasteiger partial charge is 0.301 e. The molecule has 15 heteroatoms. The molecule has 3 heterocycles. The number of ether oxygens (including phenoxy) is 1. The average molecular weight is 542 g/mol. The second-order valence-corrected chi connectivity index (χ2v) is 10.2. The molecule has 4 rings (SSSR count). The van der Waals surface area contributed by atoms with Crippen molar-refractivity contribution in [1.29, 1.82) is 0 Å². The fourth-order valence-corrected chi connectivity index (χ4v) is 4.12. The van der Waals surface area contributed by atoms with Crippen LogP contribution in [-0.4, -0.2) is 67.1 Å². The molecule has 2 aromatic heterocycles. The van der Waals surface area contributed by atoms with Gasteiger partial charge in [0.25, 0.3) is 0 Å². The summed E-state index contributed by atoms with van der Waals surface area (Å²) in [5.41, 5.74) is -0.660. The van der Waals surface area contributed by atoms with Gasteiger partial charge in [-0.05, 0) is 18.2 Å². The molecule has 1 fully saturated rings. The summed E-state index contributed by atoms with van der Waals surface area (Å²) in [5.74, 6) is -5.72. The standard InChI is InChI=1S/C22H23F4N7O3S/c1-33(2)37(34,35)32-20-15(24)9-17(18(25)19(20)26)36-21-14(4-3-6-28-21)16-5-7-29-22(31-16)30-13-8-12(23)10-27-11-13/h3-7,9,12-13,27,32H,8,10-11H2,1-2H3,(H,29,30,31)/t12-,13?/m0/s1. The first-order chi connectivity index (χ1) is 17.5. The second-order valence-electron chi connectivity index (χ2n) is 8.31. The molecule has 198 valence electrons. The summed E-state index contributed by atoms with van der Waals surface area (Å²) in [6.07, 6.45) is 2.03. The van der Waals surface area contributed by atoms with Gasteiger partial charge in [-0.3, -0.25) is 4.72 Å². The molecule has 1 unspecified atom stereocenters. The van der Waals surface area contributed by atoms with Crippen LogP contribution in [-0.2, 0) is 10.2 Å². The van der Waals surface area contributed by atoms with E-state index in [2.05, 4.69) is 25.6 Å². The molecule has 0 saturated carbocycles. The number of piperidine rings is 1. The number of anilines is 2. The maximum atomic E-state index is 14.8. The summed E-state index contributed by atoms with van der Waals surface area (Å²) >= 11 is 0. The minimum atomic E-state index is -4.31. The maximum absolute atomic E-state index is 14.8. The quantitative estimate of drug-likeness (QED) is 0.294. The van der Waals surface area contributed by atoms with Crippen molar-refractivity contribution in [3.8, 4) is 22.9 Å². The number of nitrogens with one attached hydrogen (secondary N) is 3. The van der Waals surface area contributed by atoms with Crippen LogP contribution in [0, 0.1) is 17.5 Å². The van der Waals surface area contributed by atoms with Gasteiger partial charge in [-0.2, -0.15) is 17.1 Å². The molecule has 1 saturated heterocycles. The Morgan fingerprint density at radius 1 is 1.11 bits per heavy atom. The van der Waals surface area contributed by atoms with Crippen LogP contribution in [0.3, 0.4) is 0 Å². The van der Waals surface area contributed by atoms with E-state index in [1.807, 2.05) is 0 Å². The first-order valence-corrected chi connectivity index (χ1v) is 12.4. The number of hydrogen-bond acceptors (Lipinski definition) is 8. The third kappa shape index (κ3) is 6.06. The van der Waals surface area contributed by atoms with Gasteiger partial charge in [0.1, 0.15) is 11.9 Å². The zero-order valence-corrected chi connectivity index (χ0v) is 20.5. The van der Waals surface area contributed by atoms with Crippen LogP contribution >= 0.6 is 0 Å². The Balaban J connectivity index is 1.62. The number of nitrogens with zero attached hydrogens (tertiary/aromatic N) is 4. The fraction of sp³-hybridized carbons (Fsp3) is 0.318. The summed E-state index contributed by atoms with van der Waals surface area (Å²) in [5, 5.41) is 6.01. The SMILES string of the molecule is CN(C)S(=O)(=O)Nc1c(F)cc(Oc2ncccc2-c2ccnc(NC3CNC[C@@H](F)C3)n2)c(F)c1F. The minimum absolute atomic E-state index is 0.203. The van der Waals surface area contributed by atoms with Crippen LogP contribution in [0.5, 0.6) is 11.6 Å². The lowest BCUT2D eigenvalue weighted by molar-refractivity contribution is 0.254. The molecular formula is C22H23F4N7O3S. The van der Waals surface area contributed by atoms with E-state index >= 15 is 0 Å². The molecule has 0 spiro atoms. The molecule has 1 aliphatic heterocycles. The highest BCUT2D eigenvalue weighted by Crippen LogP contribution is 2.35. The lowest BCUT2D eigenvalue weighted by Gasteiger charge is -2.26. The molecule has 3 aromatic rings. The minimum Gasteiger partial charge on any atom is -0.435 e. The first-order valence-electron chi connectivity index (χ1n) is 11.0. The first kappa shape index (κ1) is 26.5. The Morgan fingerprint density at radius 3 is 2.62 bits per heavy atom. The van der Waals surface area contributed by atoms with Crippen molar-refractivity contribution in [1.82, 2.24) is 24.6 Å². The van der Waals surface area contributed by atoms with Gasteiger partial charge in [0.2, 0.25) is 17.6 Å². The van der Waals surface area contributed by atoms with Crippen molar-refractivity contribution in [3.05, 3.63) is 54.1 Å². The van der Waals surface area contributed by atoms with Gasteiger partial charge in [0.15, 0.2) is 17.4 Å². The van der Waals surface area contributed by atoms with Crippen LogP contribution in [0.15, 0.2) is 36.7 Å². The molecule has 2 atom stereocenters. The second kappa shape index (κ2) is 10.8. The Kier molecular flexibility index (Phi) is 7.75. The maximum Gasteiger partial charge on any atom is 0.301 e. The van der Waals surface area contributed by atoms with E-state index in [1.165, 1.54) is 18.5 Å². The molecule has 0 aliphatic carbocycles. The van der Waals surface area contributed by atoms with E-state index in [4.69, 9.17) is 4.74 Å². The lowest BCUT2D eigenvalue weighted by Crippen LogP contribution is -2.44. The van der Waals surface area contributed by atoms with E-state index < -0.39 is 45.3 Å². The topological polar surface area (TPSA) is 121 Å². The van der Waals surface area contributed by atoms with Crippen LogP contribution in [0.4, 0.5) is 29.2 Å². The molecule has 0 bridgehead atoms. The Bertz CT molecular complexity index is 1390. The normalized spacial score (nSPS) is 18.0. The van der Waals surface area contributed by atoms with E-state index in [0.29, 0.717) is 16.9 Å². The summed E-state index contributed by atoms with van der Waals surface area (Å²) in [7, 11) is -2.04. The largest absolute Gasteiger partial charge is 0.435 e. The highest BCUT2D eigenvalue weighted by atomic mass is 32.2. The van der Waals surface area contributed by atoms with Gasteiger partial charge >= 0.3 is 10.2 Å². The van der Waals surface area contributed by atoms with Crippen LogP contribution in [0.25, 0.3) is 11.3 Å². The van der Waals surface area contributed by atoms with Crippen molar-refractivity contribution in [2.24, 2.45) is 0 Å². The monoisotopic (exact) mass is 541 g/mol. The Hall–Kier alpha value is -3.56. The van der Waals surface area contributed by atoms with E-state index in [1.54, 1.807) is 16.9 Å². The number of aromatic nitrogens is 3. The van der Waals surface area contributed by atoms with E-state index in [0.717, 1.165) is 14.1 Å². The molecule has 3 N–H and O–H groups in total. The summed E-state index contributed by atoms with van der Waals surface area (Å²) in [6, 6.07) is 4.86. The van der Waals surface area contributed by atoms with Gasteiger partial charge in [-0.25, -0.2) is 28.1 Å². The van der Waals surface area contributed by atoms with Gasteiger partial charge in [-0.1, -0.05) is 0 Å². The number of halogens is 4. The van der Waals surface area contributed by atoms with Crippen LogP contribution in [0.2, 0.25) is 0 Å². The highest BCUT2D eigenvalue weighted by molar-refractivity contribution is 7.90. The molecular weight excluding hydrogens is 518 g/mol. The van der Waals surface area contributed by atoms with Gasteiger partial charge in [-0.15, -0.1) is 0 Å². The zero-order chi connectivity index (χ0) is 26.7.